The molecule has 3 aromatic carbocycles. The van der Waals surface area contributed by atoms with Crippen molar-refractivity contribution in [1.29, 1.82) is 0 Å². The Balaban J connectivity index is 1.87. The molecular weight excluding hydrogens is 372 g/mol. The molecule has 31 heavy (non-hydrogen) atoms. The van der Waals surface area contributed by atoms with E-state index in [4.69, 9.17) is 0 Å². The molecule has 0 heterocycles. The number of hydrogen-bond donors (Lipinski definition) is 0. The predicted octanol–water partition coefficient (Wildman–Crippen LogP) is 7.91. The molecule has 0 bridgehead atoms. The number of allylic oxidation sites excluding steroid dienone is 4. The molecule has 0 fully saturated rings. The fourth-order valence-corrected chi connectivity index (χ4v) is 6.80. The van der Waals surface area contributed by atoms with Gasteiger partial charge in [0.05, 0.1) is 5.41 Å². The Labute approximate surface area is 186 Å². The van der Waals surface area contributed by atoms with Gasteiger partial charge in [0.15, 0.2) is 0 Å². The van der Waals surface area contributed by atoms with Gasteiger partial charge >= 0.3 is 0 Å². The minimum atomic E-state index is -0.159. The molecule has 154 valence electrons. The summed E-state index contributed by atoms with van der Waals surface area (Å²) >= 11 is 0. The summed E-state index contributed by atoms with van der Waals surface area (Å²) in [4.78, 5) is 0. The summed E-state index contributed by atoms with van der Waals surface area (Å²) in [6, 6.07) is 16.8. The smallest absolute Gasteiger partial charge is 0.0689 e. The molecule has 2 unspecified atom stereocenters. The van der Waals surface area contributed by atoms with Gasteiger partial charge in [-0.2, -0.15) is 0 Å². The third kappa shape index (κ3) is 2.26. The number of fused-ring (bicyclic) bond motifs is 9. The molecule has 1 spiro atoms. The number of aryl methyl sites for hydroxylation is 5. The van der Waals surface area contributed by atoms with Crippen molar-refractivity contribution in [3.05, 3.63) is 110 Å². The topological polar surface area (TPSA) is 0 Å². The number of rotatable bonds is 0. The van der Waals surface area contributed by atoms with Crippen LogP contribution in [0.3, 0.4) is 0 Å². The average Bonchev–Trinajstić information content (AvgIpc) is 3.14. The molecule has 0 saturated heterocycles. The standard InChI is InChI=1S/C31H30/c1-17-7-9-23-25(13-17)31(27-15-19(3)11-21(5)29(23)27)26-14-18(2)8-10-24(26)30-22(6)12-20(4)16-28(30)31/h7-13,15-16,18H,14H2,1-6H3. The predicted molar refractivity (Wildman–Crippen MR) is 132 cm³/mol. The van der Waals surface area contributed by atoms with Crippen LogP contribution in [0.25, 0.3) is 16.7 Å². The van der Waals surface area contributed by atoms with Crippen LogP contribution in [0.15, 0.2) is 60.2 Å². The minimum Gasteiger partial charge on any atom is -0.0808 e. The van der Waals surface area contributed by atoms with Crippen LogP contribution in [0, 0.1) is 40.5 Å². The van der Waals surface area contributed by atoms with E-state index in [1.807, 2.05) is 0 Å². The van der Waals surface area contributed by atoms with Crippen molar-refractivity contribution < 1.29 is 0 Å². The van der Waals surface area contributed by atoms with Crippen LogP contribution in [-0.2, 0) is 5.41 Å². The van der Waals surface area contributed by atoms with Crippen molar-refractivity contribution >= 4 is 5.57 Å². The second kappa shape index (κ2) is 6.10. The summed E-state index contributed by atoms with van der Waals surface area (Å²) in [6.45, 7) is 13.7. The van der Waals surface area contributed by atoms with Gasteiger partial charge in [0.2, 0.25) is 0 Å². The Morgan fingerprint density at radius 1 is 0.710 bits per heavy atom. The van der Waals surface area contributed by atoms with Crippen molar-refractivity contribution in [3.63, 3.8) is 0 Å². The molecule has 2 atom stereocenters. The van der Waals surface area contributed by atoms with E-state index in [9.17, 15) is 0 Å². The zero-order chi connectivity index (χ0) is 21.7. The highest BCUT2D eigenvalue weighted by Gasteiger charge is 2.53. The van der Waals surface area contributed by atoms with Gasteiger partial charge in [0.1, 0.15) is 0 Å². The molecule has 0 aliphatic heterocycles. The first kappa shape index (κ1) is 18.9. The van der Waals surface area contributed by atoms with Gasteiger partial charge in [-0.05, 0) is 103 Å². The molecule has 6 rings (SSSR count). The van der Waals surface area contributed by atoms with Crippen molar-refractivity contribution in [2.24, 2.45) is 5.92 Å². The fraction of sp³-hybridized carbons (Fsp3) is 0.290. The van der Waals surface area contributed by atoms with E-state index >= 15 is 0 Å². The Morgan fingerprint density at radius 2 is 1.32 bits per heavy atom. The lowest BCUT2D eigenvalue weighted by atomic mass is 9.66. The Kier molecular flexibility index (Phi) is 3.71. The van der Waals surface area contributed by atoms with Crippen LogP contribution in [0.1, 0.15) is 63.4 Å². The Morgan fingerprint density at radius 3 is 2.03 bits per heavy atom. The van der Waals surface area contributed by atoms with Crippen molar-refractivity contribution in [2.75, 3.05) is 0 Å². The van der Waals surface area contributed by atoms with E-state index in [0.717, 1.165) is 6.42 Å². The highest BCUT2D eigenvalue weighted by molar-refractivity contribution is 5.98. The normalized spacial score (nSPS) is 22.6. The van der Waals surface area contributed by atoms with Crippen molar-refractivity contribution in [2.45, 2.75) is 53.4 Å². The van der Waals surface area contributed by atoms with Crippen molar-refractivity contribution in [1.82, 2.24) is 0 Å². The summed E-state index contributed by atoms with van der Waals surface area (Å²) < 4.78 is 0. The first-order valence-corrected chi connectivity index (χ1v) is 11.6. The number of hydrogen-bond acceptors (Lipinski definition) is 0. The van der Waals surface area contributed by atoms with Gasteiger partial charge in [0, 0.05) is 0 Å². The molecule has 3 aromatic rings. The summed E-state index contributed by atoms with van der Waals surface area (Å²) in [5.41, 5.74) is 18.7. The fourth-order valence-electron chi connectivity index (χ4n) is 6.80. The maximum Gasteiger partial charge on any atom is 0.0689 e. The third-order valence-electron chi connectivity index (χ3n) is 7.78. The van der Waals surface area contributed by atoms with E-state index in [0.29, 0.717) is 5.92 Å². The van der Waals surface area contributed by atoms with E-state index < -0.39 is 0 Å². The Hall–Kier alpha value is -2.86. The van der Waals surface area contributed by atoms with Gasteiger partial charge < -0.3 is 0 Å². The SMILES string of the molecule is Cc1ccc2c(c1)C1(C3=C(C=CC(C)C3)c3c(C)cc(C)cc31)c1cc(C)cc(C)c1-2. The van der Waals surface area contributed by atoms with Gasteiger partial charge in [-0.15, -0.1) is 0 Å². The van der Waals surface area contributed by atoms with E-state index in [1.165, 1.54) is 66.8 Å². The van der Waals surface area contributed by atoms with E-state index in [1.54, 1.807) is 5.57 Å². The van der Waals surface area contributed by atoms with Crippen LogP contribution in [0.2, 0.25) is 0 Å². The van der Waals surface area contributed by atoms with Crippen LogP contribution in [0.5, 0.6) is 0 Å². The second-order valence-corrected chi connectivity index (χ2v) is 10.2. The maximum absolute atomic E-state index is 2.48. The van der Waals surface area contributed by atoms with Gasteiger partial charge in [0.25, 0.3) is 0 Å². The lowest BCUT2D eigenvalue weighted by Gasteiger charge is -2.35. The zero-order valence-electron chi connectivity index (χ0n) is 19.5. The van der Waals surface area contributed by atoms with Crippen LogP contribution < -0.4 is 0 Å². The van der Waals surface area contributed by atoms with Gasteiger partial charge in [-0.1, -0.05) is 78.2 Å². The quantitative estimate of drug-likeness (QED) is 0.358. The molecule has 0 amide bonds. The highest BCUT2D eigenvalue weighted by atomic mass is 14.5. The Bertz CT molecular complexity index is 1360. The summed E-state index contributed by atoms with van der Waals surface area (Å²) in [7, 11) is 0. The minimum absolute atomic E-state index is 0.159. The molecule has 3 aliphatic rings. The first-order valence-electron chi connectivity index (χ1n) is 11.6. The average molecular weight is 403 g/mol. The summed E-state index contributed by atoms with van der Waals surface area (Å²) in [6.07, 6.45) is 5.96. The molecular formula is C31H30. The lowest BCUT2D eigenvalue weighted by Crippen LogP contribution is -2.29. The molecule has 0 saturated carbocycles. The van der Waals surface area contributed by atoms with Gasteiger partial charge in [-0.25, -0.2) is 0 Å². The monoisotopic (exact) mass is 402 g/mol. The van der Waals surface area contributed by atoms with E-state index in [-0.39, 0.29) is 5.41 Å². The molecule has 0 heteroatoms. The van der Waals surface area contributed by atoms with Crippen LogP contribution in [0.4, 0.5) is 0 Å². The summed E-state index contributed by atoms with van der Waals surface area (Å²) in [5, 5.41) is 0. The van der Waals surface area contributed by atoms with Crippen LogP contribution >= 0.6 is 0 Å². The maximum atomic E-state index is 2.48. The zero-order valence-corrected chi connectivity index (χ0v) is 19.5. The van der Waals surface area contributed by atoms with Crippen molar-refractivity contribution in [3.8, 4) is 11.1 Å². The van der Waals surface area contributed by atoms with Gasteiger partial charge in [-0.3, -0.25) is 0 Å². The molecule has 3 aliphatic carbocycles. The largest absolute Gasteiger partial charge is 0.0808 e. The highest BCUT2D eigenvalue weighted by Crippen LogP contribution is 2.65. The molecule has 0 radical (unpaired) electrons. The molecule has 0 nitrogen and oxygen atoms in total. The van der Waals surface area contributed by atoms with E-state index in [2.05, 4.69) is 96.2 Å². The second-order valence-electron chi connectivity index (χ2n) is 10.2. The molecule has 0 N–H and O–H groups in total. The van der Waals surface area contributed by atoms with Crippen LogP contribution in [-0.4, -0.2) is 0 Å². The summed E-state index contributed by atoms with van der Waals surface area (Å²) in [5.74, 6) is 0.564. The number of benzene rings is 3. The first-order chi connectivity index (χ1) is 14.8. The molecule has 0 aromatic heterocycles. The lowest BCUT2D eigenvalue weighted by molar-refractivity contribution is 0.630. The third-order valence-corrected chi connectivity index (χ3v) is 7.78.